The Hall–Kier alpha value is -1.41. The van der Waals surface area contributed by atoms with Gasteiger partial charge in [0.2, 0.25) is 15.9 Å². The van der Waals surface area contributed by atoms with Crippen molar-refractivity contribution in [1.29, 1.82) is 0 Å². The van der Waals surface area contributed by atoms with Gasteiger partial charge in [-0.2, -0.15) is 5.10 Å². The monoisotopic (exact) mass is 314 g/mol. The van der Waals surface area contributed by atoms with Crippen LogP contribution in [0.2, 0.25) is 0 Å². The Balaban J connectivity index is 1.89. The number of piperidine rings is 1. The largest absolute Gasteiger partial charge is 0.338 e. The Kier molecular flexibility index (Phi) is 5.35. The number of hydrogen-bond donors (Lipinski definition) is 1. The molecule has 1 atom stereocenters. The van der Waals surface area contributed by atoms with Gasteiger partial charge in [-0.15, -0.1) is 0 Å². The second-order valence-corrected chi connectivity index (χ2v) is 7.21. The minimum Gasteiger partial charge on any atom is -0.338 e. The van der Waals surface area contributed by atoms with E-state index in [0.29, 0.717) is 26.1 Å². The van der Waals surface area contributed by atoms with E-state index in [0.717, 1.165) is 25.5 Å². The molecule has 0 spiro atoms. The maximum atomic E-state index is 12.3. The van der Waals surface area contributed by atoms with Crippen LogP contribution in [0.25, 0.3) is 0 Å². The van der Waals surface area contributed by atoms with Crippen LogP contribution in [0.15, 0.2) is 18.5 Å². The highest BCUT2D eigenvalue weighted by atomic mass is 32.2. The average Bonchev–Trinajstić information content (AvgIpc) is 2.95. The molecule has 2 heterocycles. The lowest BCUT2D eigenvalue weighted by atomic mass is 10.0. The number of nitrogens with zero attached hydrogens (tertiary/aromatic N) is 3. The van der Waals surface area contributed by atoms with Crippen LogP contribution < -0.4 is 4.72 Å². The second kappa shape index (κ2) is 7.04. The lowest BCUT2D eigenvalue weighted by molar-refractivity contribution is -0.135. The SMILES string of the molecule is CS(=O)(=O)NCC1CCCCN1C(=O)CCn1cccn1. The molecule has 0 aromatic carbocycles. The van der Waals surface area contributed by atoms with Gasteiger partial charge in [-0.05, 0) is 25.3 Å². The molecule has 0 saturated carbocycles. The second-order valence-electron chi connectivity index (χ2n) is 5.38. The molecule has 1 aliphatic rings. The van der Waals surface area contributed by atoms with Gasteiger partial charge in [0, 0.05) is 44.5 Å². The van der Waals surface area contributed by atoms with E-state index in [1.165, 1.54) is 0 Å². The number of carbonyl (C=O) groups is 1. The molecule has 21 heavy (non-hydrogen) atoms. The van der Waals surface area contributed by atoms with Crippen molar-refractivity contribution in [1.82, 2.24) is 19.4 Å². The Morgan fingerprint density at radius 1 is 1.43 bits per heavy atom. The van der Waals surface area contributed by atoms with E-state index in [1.54, 1.807) is 10.9 Å². The van der Waals surface area contributed by atoms with Gasteiger partial charge in [0.1, 0.15) is 0 Å². The molecule has 1 aromatic heterocycles. The van der Waals surface area contributed by atoms with Crippen LogP contribution in [0.3, 0.4) is 0 Å². The number of amides is 1. The first-order valence-corrected chi connectivity index (χ1v) is 9.06. The molecule has 7 nitrogen and oxygen atoms in total. The van der Waals surface area contributed by atoms with Gasteiger partial charge in [0.15, 0.2) is 0 Å². The third kappa shape index (κ3) is 5.13. The number of nitrogens with one attached hydrogen (secondary N) is 1. The molecule has 1 fully saturated rings. The van der Waals surface area contributed by atoms with Crippen LogP contribution in [0.5, 0.6) is 0 Å². The zero-order valence-electron chi connectivity index (χ0n) is 12.2. The minimum atomic E-state index is -3.22. The van der Waals surface area contributed by atoms with E-state index in [4.69, 9.17) is 0 Å². The van der Waals surface area contributed by atoms with E-state index in [9.17, 15) is 13.2 Å². The summed E-state index contributed by atoms with van der Waals surface area (Å²) in [5.41, 5.74) is 0. The topological polar surface area (TPSA) is 84.3 Å². The van der Waals surface area contributed by atoms with Crippen molar-refractivity contribution < 1.29 is 13.2 Å². The van der Waals surface area contributed by atoms with Crippen molar-refractivity contribution in [2.24, 2.45) is 0 Å². The first kappa shape index (κ1) is 16.0. The first-order chi connectivity index (χ1) is 9.96. The molecule has 1 aliphatic heterocycles. The van der Waals surface area contributed by atoms with Crippen LogP contribution in [-0.2, 0) is 21.4 Å². The lowest BCUT2D eigenvalue weighted by Gasteiger charge is -2.36. The van der Waals surface area contributed by atoms with E-state index >= 15 is 0 Å². The summed E-state index contributed by atoms with van der Waals surface area (Å²) in [5, 5.41) is 4.08. The highest BCUT2D eigenvalue weighted by Crippen LogP contribution is 2.17. The minimum absolute atomic E-state index is 0.0430. The average molecular weight is 314 g/mol. The summed E-state index contributed by atoms with van der Waals surface area (Å²) >= 11 is 0. The molecule has 118 valence electrons. The standard InChI is InChI=1S/C13H22N4O3S/c1-21(19,20)15-11-12-5-2-3-9-17(12)13(18)6-10-16-8-4-7-14-16/h4,7-8,12,15H,2-3,5-6,9-11H2,1H3. The van der Waals surface area contributed by atoms with Crippen molar-refractivity contribution in [3.8, 4) is 0 Å². The number of likely N-dealkylation sites (tertiary alicyclic amines) is 1. The van der Waals surface area contributed by atoms with Crippen molar-refractivity contribution in [3.05, 3.63) is 18.5 Å². The van der Waals surface area contributed by atoms with Gasteiger partial charge in [0.05, 0.1) is 6.26 Å². The molecule has 1 unspecified atom stereocenters. The first-order valence-electron chi connectivity index (χ1n) is 7.17. The predicted octanol–water partition coefficient (Wildman–Crippen LogP) is 0.204. The van der Waals surface area contributed by atoms with Crippen LogP contribution in [-0.4, -0.2) is 54.4 Å². The third-order valence-electron chi connectivity index (χ3n) is 3.64. The van der Waals surface area contributed by atoms with Gasteiger partial charge in [-0.25, -0.2) is 13.1 Å². The number of aromatic nitrogens is 2. The molecule has 0 radical (unpaired) electrons. The van der Waals surface area contributed by atoms with E-state index in [2.05, 4.69) is 9.82 Å². The van der Waals surface area contributed by atoms with Gasteiger partial charge in [-0.3, -0.25) is 9.48 Å². The van der Waals surface area contributed by atoms with Gasteiger partial charge in [0.25, 0.3) is 0 Å². The van der Waals surface area contributed by atoms with Gasteiger partial charge >= 0.3 is 0 Å². The zero-order valence-corrected chi connectivity index (χ0v) is 13.1. The summed E-state index contributed by atoms with van der Waals surface area (Å²) in [5.74, 6) is 0.0606. The van der Waals surface area contributed by atoms with Crippen molar-refractivity contribution >= 4 is 15.9 Å². The highest BCUT2D eigenvalue weighted by Gasteiger charge is 2.26. The summed E-state index contributed by atoms with van der Waals surface area (Å²) in [4.78, 5) is 14.1. The molecule has 1 N–H and O–H groups in total. The van der Waals surface area contributed by atoms with Crippen molar-refractivity contribution in [2.45, 2.75) is 38.3 Å². The maximum absolute atomic E-state index is 12.3. The predicted molar refractivity (Wildman–Crippen MR) is 79.0 cm³/mol. The van der Waals surface area contributed by atoms with Crippen LogP contribution >= 0.6 is 0 Å². The fourth-order valence-corrected chi connectivity index (χ4v) is 3.07. The van der Waals surface area contributed by atoms with E-state index in [-0.39, 0.29) is 11.9 Å². The fourth-order valence-electron chi connectivity index (χ4n) is 2.58. The Labute approximate surface area is 125 Å². The molecular weight excluding hydrogens is 292 g/mol. The van der Waals surface area contributed by atoms with Crippen molar-refractivity contribution in [3.63, 3.8) is 0 Å². The Morgan fingerprint density at radius 3 is 2.90 bits per heavy atom. The molecule has 0 bridgehead atoms. The summed E-state index contributed by atoms with van der Waals surface area (Å²) in [6, 6.07) is 1.78. The highest BCUT2D eigenvalue weighted by molar-refractivity contribution is 7.88. The molecule has 1 aromatic rings. The molecule has 0 aliphatic carbocycles. The number of rotatable bonds is 6. The summed E-state index contributed by atoms with van der Waals surface area (Å²) < 4.78 is 26.6. The van der Waals surface area contributed by atoms with Crippen LogP contribution in [0.4, 0.5) is 0 Å². The Bertz CT molecular complexity index is 556. The molecule has 8 heteroatoms. The molecule has 1 amide bonds. The summed E-state index contributed by atoms with van der Waals surface area (Å²) in [6.45, 7) is 1.55. The van der Waals surface area contributed by atoms with Gasteiger partial charge in [-0.1, -0.05) is 0 Å². The third-order valence-corrected chi connectivity index (χ3v) is 4.33. The quantitative estimate of drug-likeness (QED) is 0.813. The fraction of sp³-hybridized carbons (Fsp3) is 0.692. The number of carbonyl (C=O) groups excluding carboxylic acids is 1. The molecular formula is C13H22N4O3S. The summed E-state index contributed by atoms with van der Waals surface area (Å²) in [6.07, 6.45) is 7.88. The normalized spacial score (nSPS) is 19.7. The van der Waals surface area contributed by atoms with Gasteiger partial charge < -0.3 is 4.90 Å². The number of aryl methyl sites for hydroxylation is 1. The van der Waals surface area contributed by atoms with Crippen molar-refractivity contribution in [2.75, 3.05) is 19.3 Å². The van der Waals surface area contributed by atoms with E-state index < -0.39 is 10.0 Å². The lowest BCUT2D eigenvalue weighted by Crippen LogP contribution is -2.49. The molecule has 2 rings (SSSR count). The Morgan fingerprint density at radius 2 is 2.24 bits per heavy atom. The maximum Gasteiger partial charge on any atom is 0.224 e. The van der Waals surface area contributed by atoms with Crippen LogP contribution in [0.1, 0.15) is 25.7 Å². The van der Waals surface area contributed by atoms with Crippen LogP contribution in [0, 0.1) is 0 Å². The summed E-state index contributed by atoms with van der Waals surface area (Å²) in [7, 11) is -3.22. The smallest absolute Gasteiger partial charge is 0.224 e. The van der Waals surface area contributed by atoms with E-state index in [1.807, 2.05) is 17.2 Å². The number of hydrogen-bond acceptors (Lipinski definition) is 4. The zero-order chi connectivity index (χ0) is 15.3. The number of sulfonamides is 1. The molecule has 1 saturated heterocycles.